The van der Waals surface area contributed by atoms with E-state index in [0.717, 1.165) is 29.9 Å². The number of ether oxygens (including phenoxy) is 1. The first-order valence-corrected chi connectivity index (χ1v) is 9.68. The van der Waals surface area contributed by atoms with Crippen LogP contribution in [0.25, 0.3) is 0 Å². The van der Waals surface area contributed by atoms with E-state index < -0.39 is 6.09 Å². The second kappa shape index (κ2) is 10.1. The Kier molecular flexibility index (Phi) is 7.85. The molecular formula is C21H32N4O2. The van der Waals surface area contributed by atoms with E-state index in [2.05, 4.69) is 24.5 Å². The van der Waals surface area contributed by atoms with Crippen molar-refractivity contribution < 1.29 is 9.53 Å². The summed E-state index contributed by atoms with van der Waals surface area (Å²) in [7, 11) is 3.34. The Balaban J connectivity index is 2.24. The molecule has 6 nitrogen and oxygen atoms in total. The van der Waals surface area contributed by atoms with Gasteiger partial charge in [-0.3, -0.25) is 10.0 Å². The molecule has 0 bridgehead atoms. The highest BCUT2D eigenvalue weighted by Gasteiger charge is 2.30. The lowest BCUT2D eigenvalue weighted by molar-refractivity contribution is 0.131. The van der Waals surface area contributed by atoms with E-state index in [0.29, 0.717) is 5.76 Å². The normalized spacial score (nSPS) is 17.0. The Labute approximate surface area is 162 Å². The molecule has 0 fully saturated rings. The van der Waals surface area contributed by atoms with E-state index in [1.165, 1.54) is 24.2 Å². The summed E-state index contributed by atoms with van der Waals surface area (Å²) in [6, 6.07) is 10.2. The van der Waals surface area contributed by atoms with Crippen molar-refractivity contribution in [1.29, 1.82) is 0 Å². The van der Waals surface area contributed by atoms with Gasteiger partial charge in [0.1, 0.15) is 0 Å². The molecule has 1 unspecified atom stereocenters. The van der Waals surface area contributed by atoms with Crippen molar-refractivity contribution in [3.8, 4) is 0 Å². The molecule has 1 amide bonds. The highest BCUT2D eigenvalue weighted by atomic mass is 16.6. The molecule has 1 aromatic rings. The van der Waals surface area contributed by atoms with Crippen LogP contribution >= 0.6 is 0 Å². The van der Waals surface area contributed by atoms with E-state index in [9.17, 15) is 4.79 Å². The molecule has 1 N–H and O–H groups in total. The van der Waals surface area contributed by atoms with Crippen LogP contribution in [0, 0.1) is 0 Å². The average Bonchev–Trinajstić information content (AvgIpc) is 2.66. The molecule has 2 rings (SSSR count). The molecule has 0 aromatic heterocycles. The summed E-state index contributed by atoms with van der Waals surface area (Å²) in [4.78, 5) is 18.3. The number of hydrogen-bond donors (Lipinski definition) is 1. The minimum Gasteiger partial charge on any atom is -0.406 e. The van der Waals surface area contributed by atoms with Crippen LogP contribution in [0.15, 0.2) is 46.8 Å². The fraction of sp³-hybridized carbons (Fsp3) is 0.524. The second-order valence-electron chi connectivity index (χ2n) is 7.01. The highest BCUT2D eigenvalue weighted by molar-refractivity contribution is 5.99. The summed E-state index contributed by atoms with van der Waals surface area (Å²) in [6.45, 7) is 6.91. The Morgan fingerprint density at radius 3 is 2.52 bits per heavy atom. The van der Waals surface area contributed by atoms with Crippen molar-refractivity contribution in [2.75, 3.05) is 20.6 Å². The molecule has 0 spiro atoms. The van der Waals surface area contributed by atoms with Gasteiger partial charge < -0.3 is 9.64 Å². The maximum atomic E-state index is 12.1. The van der Waals surface area contributed by atoms with Crippen molar-refractivity contribution in [3.63, 3.8) is 0 Å². The molecule has 1 aliphatic heterocycles. The van der Waals surface area contributed by atoms with Gasteiger partial charge in [-0.05, 0) is 25.8 Å². The van der Waals surface area contributed by atoms with Gasteiger partial charge >= 0.3 is 6.09 Å². The first-order valence-electron chi connectivity index (χ1n) is 9.68. The van der Waals surface area contributed by atoms with E-state index in [1.54, 1.807) is 14.1 Å². The molecular weight excluding hydrogens is 340 g/mol. The average molecular weight is 373 g/mol. The minimum absolute atomic E-state index is 0.181. The summed E-state index contributed by atoms with van der Waals surface area (Å²) in [5.74, 6) is 0.516. The van der Waals surface area contributed by atoms with Crippen molar-refractivity contribution in [2.45, 2.75) is 52.6 Å². The lowest BCUT2D eigenvalue weighted by Crippen LogP contribution is -2.43. The van der Waals surface area contributed by atoms with Gasteiger partial charge in [-0.15, -0.1) is 0 Å². The molecule has 1 heterocycles. The molecule has 0 aliphatic carbocycles. The predicted molar refractivity (Wildman–Crippen MR) is 109 cm³/mol. The summed E-state index contributed by atoms with van der Waals surface area (Å²) < 4.78 is 5.59. The number of rotatable bonds is 8. The van der Waals surface area contributed by atoms with E-state index >= 15 is 0 Å². The lowest BCUT2D eigenvalue weighted by Gasteiger charge is -2.37. The number of benzene rings is 1. The van der Waals surface area contributed by atoms with Crippen molar-refractivity contribution >= 4 is 11.8 Å². The molecule has 0 radical (unpaired) electrons. The van der Waals surface area contributed by atoms with Crippen molar-refractivity contribution in [3.05, 3.63) is 47.4 Å². The van der Waals surface area contributed by atoms with Crippen LogP contribution in [-0.4, -0.2) is 42.4 Å². The second-order valence-corrected chi connectivity index (χ2v) is 7.01. The molecule has 27 heavy (non-hydrogen) atoms. The molecule has 1 aromatic carbocycles. The topological polar surface area (TPSA) is 57.2 Å². The zero-order chi connectivity index (χ0) is 19.8. The number of hydrogen-bond acceptors (Lipinski definition) is 5. The predicted octanol–water partition coefficient (Wildman–Crippen LogP) is 4.48. The van der Waals surface area contributed by atoms with Gasteiger partial charge in [-0.2, -0.15) is 0 Å². The first-order chi connectivity index (χ1) is 13.0. The summed E-state index contributed by atoms with van der Waals surface area (Å²) in [6.07, 6.45) is 4.15. The summed E-state index contributed by atoms with van der Waals surface area (Å²) in [5.41, 5.74) is 6.17. The van der Waals surface area contributed by atoms with Crippen LogP contribution in [0.1, 0.15) is 58.2 Å². The lowest BCUT2D eigenvalue weighted by atomic mass is 10.1. The van der Waals surface area contributed by atoms with Crippen LogP contribution in [0.2, 0.25) is 0 Å². The third-order valence-electron chi connectivity index (χ3n) is 4.54. The van der Waals surface area contributed by atoms with Gasteiger partial charge in [-0.1, -0.05) is 56.5 Å². The number of carbonyl (C=O) groups excluding carboxylic acids is 1. The fourth-order valence-electron chi connectivity index (χ4n) is 2.99. The van der Waals surface area contributed by atoms with E-state index in [1.807, 2.05) is 37.1 Å². The van der Waals surface area contributed by atoms with Crippen LogP contribution in [0.3, 0.4) is 0 Å². The fourth-order valence-corrected chi connectivity index (χ4v) is 2.99. The largest absolute Gasteiger partial charge is 0.414 e. The monoisotopic (exact) mass is 372 g/mol. The quantitative estimate of drug-likeness (QED) is 0.684. The van der Waals surface area contributed by atoms with E-state index in [4.69, 9.17) is 9.73 Å². The number of nitrogens with zero attached hydrogens (tertiary/aromatic N) is 3. The molecule has 6 heteroatoms. The third kappa shape index (κ3) is 5.57. The minimum atomic E-state index is -0.403. The van der Waals surface area contributed by atoms with Gasteiger partial charge in [0.2, 0.25) is 0 Å². The van der Waals surface area contributed by atoms with Crippen molar-refractivity contribution in [2.24, 2.45) is 4.99 Å². The third-order valence-corrected chi connectivity index (χ3v) is 4.54. The number of hydrazine groups is 1. The number of allylic oxidation sites excluding steroid dienone is 2. The summed E-state index contributed by atoms with van der Waals surface area (Å²) in [5, 5.41) is 2.02. The van der Waals surface area contributed by atoms with Gasteiger partial charge in [-0.25, -0.2) is 10.2 Å². The molecule has 0 saturated carbocycles. The zero-order valence-electron chi connectivity index (χ0n) is 17.2. The van der Waals surface area contributed by atoms with Gasteiger partial charge in [0.25, 0.3) is 0 Å². The van der Waals surface area contributed by atoms with Crippen LogP contribution in [0.4, 0.5) is 4.79 Å². The Morgan fingerprint density at radius 2 is 1.89 bits per heavy atom. The number of aliphatic imine (C=N–C) groups is 1. The van der Waals surface area contributed by atoms with Crippen molar-refractivity contribution in [1.82, 2.24) is 15.3 Å². The number of unbranched alkanes of at least 4 members (excludes halogenated alkanes) is 3. The Bertz CT molecular complexity index is 683. The summed E-state index contributed by atoms with van der Waals surface area (Å²) >= 11 is 0. The van der Waals surface area contributed by atoms with Gasteiger partial charge in [0.15, 0.2) is 11.9 Å². The smallest absolute Gasteiger partial charge is 0.406 e. The SMILES string of the molecule is CCCCCCNN1C(C)=C(OC(=O)N(C)C)C(C)=NC1c1ccccc1. The maximum absolute atomic E-state index is 12.1. The molecule has 0 saturated heterocycles. The van der Waals surface area contributed by atoms with Crippen LogP contribution in [-0.2, 0) is 4.74 Å². The molecule has 1 atom stereocenters. The number of carbonyl (C=O) groups is 1. The molecule has 148 valence electrons. The van der Waals surface area contributed by atoms with Crippen LogP contribution < -0.4 is 5.43 Å². The van der Waals surface area contributed by atoms with Gasteiger partial charge in [0.05, 0.1) is 11.4 Å². The highest BCUT2D eigenvalue weighted by Crippen LogP contribution is 2.31. The Hall–Kier alpha value is -2.34. The maximum Gasteiger partial charge on any atom is 0.414 e. The standard InChI is InChI=1S/C21H32N4O2/c1-6-7-8-12-15-22-25-17(3)19(27-21(26)24(4)5)16(2)23-20(25)18-13-10-9-11-14-18/h9-11,13-14,20,22H,6-8,12,15H2,1-5H3. The Morgan fingerprint density at radius 1 is 1.19 bits per heavy atom. The molecule has 1 aliphatic rings. The number of nitrogens with one attached hydrogen (secondary N) is 1. The van der Waals surface area contributed by atoms with Gasteiger partial charge in [0, 0.05) is 20.6 Å². The van der Waals surface area contributed by atoms with Crippen LogP contribution in [0.5, 0.6) is 0 Å². The first kappa shape index (κ1) is 21.0. The zero-order valence-corrected chi connectivity index (χ0v) is 17.2. The number of amides is 1. The van der Waals surface area contributed by atoms with E-state index in [-0.39, 0.29) is 6.17 Å².